The van der Waals surface area contributed by atoms with Gasteiger partial charge in [0, 0.05) is 42.5 Å². The number of H-pyrrole nitrogens is 1. The lowest BCUT2D eigenvalue weighted by atomic mass is 9.87. The molecular weight excluding hydrogens is 388 g/mol. The van der Waals surface area contributed by atoms with E-state index in [4.69, 9.17) is 4.74 Å². The number of carbonyl (C=O) groups is 1. The van der Waals surface area contributed by atoms with E-state index in [9.17, 15) is 4.79 Å². The Morgan fingerprint density at radius 2 is 2.10 bits per heavy atom. The number of carbonyl (C=O) groups excluding carboxylic acids is 1. The molecule has 6 rings (SSSR count). The Labute approximate surface area is 182 Å². The monoisotopic (exact) mass is 416 g/mol. The largest absolute Gasteiger partial charge is 0.446 e. The fourth-order valence-corrected chi connectivity index (χ4v) is 4.98. The molecule has 0 spiro atoms. The molecule has 3 aromatic rings. The fourth-order valence-electron chi connectivity index (χ4n) is 4.98. The number of nitrogens with one attached hydrogen (secondary N) is 2. The molecule has 4 heterocycles. The Morgan fingerprint density at radius 3 is 2.90 bits per heavy atom. The number of amides is 1. The van der Waals surface area contributed by atoms with Crippen molar-refractivity contribution in [3.05, 3.63) is 52.8 Å². The molecule has 2 aliphatic heterocycles. The molecule has 0 radical (unpaired) electrons. The third-order valence-electron chi connectivity index (χ3n) is 6.93. The van der Waals surface area contributed by atoms with Gasteiger partial charge in [0.1, 0.15) is 11.8 Å². The summed E-state index contributed by atoms with van der Waals surface area (Å²) in [5, 5.41) is 4.84. The van der Waals surface area contributed by atoms with Gasteiger partial charge in [-0.2, -0.15) is 0 Å². The summed E-state index contributed by atoms with van der Waals surface area (Å²) >= 11 is 0. The Morgan fingerprint density at radius 1 is 1.19 bits per heavy atom. The van der Waals surface area contributed by atoms with E-state index in [1.54, 1.807) is 0 Å². The number of pyridine rings is 1. The van der Waals surface area contributed by atoms with Crippen LogP contribution in [0.2, 0.25) is 0 Å². The third kappa shape index (κ3) is 3.49. The van der Waals surface area contributed by atoms with Gasteiger partial charge in [0.15, 0.2) is 0 Å². The van der Waals surface area contributed by atoms with Crippen molar-refractivity contribution in [3.8, 4) is 11.1 Å². The molecular formula is C25H28N4O2. The summed E-state index contributed by atoms with van der Waals surface area (Å²) in [6.07, 6.45) is 9.18. The van der Waals surface area contributed by atoms with Crippen LogP contribution in [-0.4, -0.2) is 40.2 Å². The minimum atomic E-state index is -0.153. The summed E-state index contributed by atoms with van der Waals surface area (Å²) in [6, 6.07) is 7.22. The summed E-state index contributed by atoms with van der Waals surface area (Å²) in [5.74, 6) is 0. The highest BCUT2D eigenvalue weighted by Gasteiger charge is 2.32. The van der Waals surface area contributed by atoms with Crippen LogP contribution < -0.4 is 5.32 Å². The van der Waals surface area contributed by atoms with E-state index in [-0.39, 0.29) is 12.2 Å². The van der Waals surface area contributed by atoms with Crippen LogP contribution in [0.15, 0.2) is 30.6 Å². The molecule has 1 aliphatic carbocycles. The van der Waals surface area contributed by atoms with Crippen molar-refractivity contribution in [2.24, 2.45) is 0 Å². The maximum Gasteiger partial charge on any atom is 0.410 e. The van der Waals surface area contributed by atoms with Crippen LogP contribution in [0.25, 0.3) is 22.2 Å². The van der Waals surface area contributed by atoms with E-state index in [0.29, 0.717) is 19.1 Å². The highest BCUT2D eigenvalue weighted by atomic mass is 16.6. The van der Waals surface area contributed by atoms with Crippen molar-refractivity contribution >= 4 is 17.1 Å². The lowest BCUT2D eigenvalue weighted by Gasteiger charge is -2.31. The van der Waals surface area contributed by atoms with Gasteiger partial charge < -0.3 is 19.9 Å². The number of benzene rings is 1. The molecule has 3 aliphatic rings. The number of aromatic nitrogens is 2. The van der Waals surface area contributed by atoms with E-state index in [0.717, 1.165) is 43.4 Å². The molecule has 6 nitrogen and oxygen atoms in total. The number of aryl methyl sites for hydroxylation is 1. The highest BCUT2D eigenvalue weighted by molar-refractivity contribution is 5.84. The van der Waals surface area contributed by atoms with Crippen LogP contribution in [0.5, 0.6) is 0 Å². The Kier molecular flexibility index (Phi) is 4.49. The number of hydrogen-bond donors (Lipinski definition) is 2. The zero-order valence-corrected chi connectivity index (χ0v) is 17.9. The second-order valence-electron chi connectivity index (χ2n) is 9.20. The average molecular weight is 417 g/mol. The lowest BCUT2D eigenvalue weighted by Crippen LogP contribution is -2.37. The van der Waals surface area contributed by atoms with Crippen LogP contribution >= 0.6 is 0 Å². The Balaban J connectivity index is 1.39. The van der Waals surface area contributed by atoms with E-state index in [1.165, 1.54) is 39.6 Å². The molecule has 1 atom stereocenters. The van der Waals surface area contributed by atoms with Gasteiger partial charge in [-0.3, -0.25) is 0 Å². The number of aromatic amines is 1. The molecule has 31 heavy (non-hydrogen) atoms. The summed E-state index contributed by atoms with van der Waals surface area (Å²) < 4.78 is 5.58. The second kappa shape index (κ2) is 7.38. The zero-order chi connectivity index (χ0) is 20.9. The standard InChI is InChI=1S/C25H28N4O2/c1-15-12-27-24-20(15)11-18(13-28-24)17-9-16-6-8-29(25(30)31-19-4-5-19)14-22(16)21(10-17)23-3-2-7-26-23/h9-13,19,23,26H,2-8,14H2,1H3,(H,27,28). The van der Waals surface area contributed by atoms with E-state index in [1.807, 2.05) is 17.3 Å². The normalized spacial score (nSPS) is 20.8. The maximum atomic E-state index is 12.6. The smallest absolute Gasteiger partial charge is 0.410 e. The molecule has 1 amide bonds. The van der Waals surface area contributed by atoms with Gasteiger partial charge in [-0.1, -0.05) is 6.07 Å². The van der Waals surface area contributed by atoms with Crippen molar-refractivity contribution in [2.45, 2.75) is 57.7 Å². The van der Waals surface area contributed by atoms with Crippen molar-refractivity contribution < 1.29 is 9.53 Å². The summed E-state index contributed by atoms with van der Waals surface area (Å²) in [4.78, 5) is 22.4. The van der Waals surface area contributed by atoms with Crippen LogP contribution in [-0.2, 0) is 17.7 Å². The van der Waals surface area contributed by atoms with Crippen molar-refractivity contribution in [1.82, 2.24) is 20.2 Å². The van der Waals surface area contributed by atoms with E-state index >= 15 is 0 Å². The Bertz CT molecular complexity index is 1160. The third-order valence-corrected chi connectivity index (χ3v) is 6.93. The van der Waals surface area contributed by atoms with Crippen LogP contribution in [0.3, 0.4) is 0 Å². The molecule has 2 N–H and O–H groups in total. The maximum absolute atomic E-state index is 12.6. The first-order valence-corrected chi connectivity index (χ1v) is 11.4. The number of rotatable bonds is 3. The zero-order valence-electron chi connectivity index (χ0n) is 17.9. The molecule has 0 bridgehead atoms. The predicted molar refractivity (Wildman–Crippen MR) is 120 cm³/mol. The summed E-state index contributed by atoms with van der Waals surface area (Å²) in [6.45, 7) is 4.52. The SMILES string of the molecule is Cc1c[nH]c2ncc(-c3cc4c(c(C5CCCN5)c3)CN(C(=O)OC3CC3)CC4)cc12. The first-order valence-electron chi connectivity index (χ1n) is 11.4. The molecule has 160 valence electrons. The van der Waals surface area contributed by atoms with Gasteiger partial charge in [-0.15, -0.1) is 0 Å². The van der Waals surface area contributed by atoms with Gasteiger partial charge >= 0.3 is 6.09 Å². The number of nitrogens with zero attached hydrogens (tertiary/aromatic N) is 2. The van der Waals surface area contributed by atoms with Crippen molar-refractivity contribution in [1.29, 1.82) is 0 Å². The van der Waals surface area contributed by atoms with Crippen molar-refractivity contribution in [3.63, 3.8) is 0 Å². The van der Waals surface area contributed by atoms with E-state index in [2.05, 4.69) is 40.4 Å². The fraction of sp³-hybridized carbons (Fsp3) is 0.440. The van der Waals surface area contributed by atoms with Gasteiger partial charge in [0.2, 0.25) is 0 Å². The average Bonchev–Trinajstić information content (AvgIpc) is 3.29. The Hall–Kier alpha value is -2.86. The van der Waals surface area contributed by atoms with Crippen LogP contribution in [0, 0.1) is 6.92 Å². The number of fused-ring (bicyclic) bond motifs is 2. The molecule has 2 fully saturated rings. The number of hydrogen-bond acceptors (Lipinski definition) is 4. The number of ether oxygens (including phenoxy) is 1. The van der Waals surface area contributed by atoms with Crippen LogP contribution in [0.4, 0.5) is 4.79 Å². The summed E-state index contributed by atoms with van der Waals surface area (Å²) in [7, 11) is 0. The quantitative estimate of drug-likeness (QED) is 0.654. The second-order valence-corrected chi connectivity index (χ2v) is 9.20. The first kappa shape index (κ1) is 18.9. The molecule has 6 heteroatoms. The van der Waals surface area contributed by atoms with Gasteiger partial charge in [0.05, 0.1) is 0 Å². The highest BCUT2D eigenvalue weighted by Crippen LogP contribution is 2.36. The molecule has 1 aromatic carbocycles. The minimum Gasteiger partial charge on any atom is -0.446 e. The topological polar surface area (TPSA) is 70.2 Å². The molecule has 2 aromatic heterocycles. The molecule has 1 saturated heterocycles. The summed E-state index contributed by atoms with van der Waals surface area (Å²) in [5.41, 5.74) is 8.49. The van der Waals surface area contributed by atoms with Gasteiger partial charge in [-0.05, 0) is 85.5 Å². The van der Waals surface area contributed by atoms with Gasteiger partial charge in [-0.25, -0.2) is 9.78 Å². The molecule has 1 saturated carbocycles. The molecule has 1 unspecified atom stereocenters. The lowest BCUT2D eigenvalue weighted by molar-refractivity contribution is 0.0914. The first-order chi connectivity index (χ1) is 15.2. The van der Waals surface area contributed by atoms with E-state index < -0.39 is 0 Å². The van der Waals surface area contributed by atoms with Crippen molar-refractivity contribution in [2.75, 3.05) is 13.1 Å². The van der Waals surface area contributed by atoms with Crippen LogP contribution in [0.1, 0.15) is 54.0 Å². The van der Waals surface area contributed by atoms with Gasteiger partial charge in [0.25, 0.3) is 0 Å². The minimum absolute atomic E-state index is 0.145. The predicted octanol–water partition coefficient (Wildman–Crippen LogP) is 4.62.